The van der Waals surface area contributed by atoms with Gasteiger partial charge in [0, 0.05) is 22.4 Å². The maximum absolute atomic E-state index is 12.8. The van der Waals surface area contributed by atoms with Gasteiger partial charge >= 0.3 is 5.97 Å². The molecule has 0 aliphatic heterocycles. The number of halogens is 1. The predicted molar refractivity (Wildman–Crippen MR) is 91.9 cm³/mol. The van der Waals surface area contributed by atoms with Crippen LogP contribution in [0.25, 0.3) is 6.08 Å². The van der Waals surface area contributed by atoms with E-state index < -0.39 is 18.0 Å². The van der Waals surface area contributed by atoms with E-state index in [4.69, 9.17) is 4.74 Å². The Balaban J connectivity index is 1.79. The summed E-state index contributed by atoms with van der Waals surface area (Å²) >= 11 is 1.56. The quantitative estimate of drug-likeness (QED) is 0.643. The predicted octanol–water partition coefficient (Wildman–Crippen LogP) is 3.46. The van der Waals surface area contributed by atoms with E-state index in [1.54, 1.807) is 29.5 Å². The molecule has 6 heteroatoms. The van der Waals surface area contributed by atoms with E-state index in [0.717, 1.165) is 15.3 Å². The fourth-order valence-corrected chi connectivity index (χ4v) is 2.68. The number of carbonyl (C=O) groups is 2. The van der Waals surface area contributed by atoms with Crippen LogP contribution in [0.3, 0.4) is 0 Å². The van der Waals surface area contributed by atoms with Gasteiger partial charge in [0.25, 0.3) is 5.91 Å². The topological polar surface area (TPSA) is 55.4 Å². The second kappa shape index (κ2) is 8.40. The monoisotopic (exact) mass is 347 g/mol. The fourth-order valence-electron chi connectivity index (χ4n) is 1.90. The Morgan fingerprint density at radius 1 is 1.25 bits per heavy atom. The second-order valence-corrected chi connectivity index (χ2v) is 6.52. The van der Waals surface area contributed by atoms with Gasteiger partial charge in [0.2, 0.25) is 0 Å². The van der Waals surface area contributed by atoms with E-state index in [1.165, 1.54) is 25.1 Å². The first-order chi connectivity index (χ1) is 11.4. The van der Waals surface area contributed by atoms with E-state index in [9.17, 15) is 14.0 Å². The lowest BCUT2D eigenvalue weighted by Gasteiger charge is -2.12. The molecule has 0 spiro atoms. The molecule has 1 amide bonds. The van der Waals surface area contributed by atoms with Crippen molar-refractivity contribution in [1.82, 2.24) is 5.32 Å². The minimum absolute atomic E-state index is 0.241. The Labute approximate surface area is 144 Å². The highest BCUT2D eigenvalue weighted by Crippen LogP contribution is 2.16. The van der Waals surface area contributed by atoms with Crippen molar-refractivity contribution in [2.45, 2.75) is 26.5 Å². The van der Waals surface area contributed by atoms with Crippen molar-refractivity contribution in [3.63, 3.8) is 0 Å². The summed E-state index contributed by atoms with van der Waals surface area (Å²) in [5.41, 5.74) is 0.760. The first kappa shape index (κ1) is 17.9. The standard InChI is InChI=1S/C18H18FNO3S/c1-12-3-8-16(24-12)9-10-17(21)23-13(2)18(22)20-11-14-4-6-15(19)7-5-14/h3-10,13H,11H2,1-2H3,(H,20,22)/b10-9+/t13-/m1/s1. The van der Waals surface area contributed by atoms with Crippen LogP contribution in [0.1, 0.15) is 22.2 Å². The number of hydrogen-bond donors (Lipinski definition) is 1. The number of hydrogen-bond acceptors (Lipinski definition) is 4. The molecular weight excluding hydrogens is 329 g/mol. The molecule has 0 saturated heterocycles. The Morgan fingerprint density at radius 2 is 1.96 bits per heavy atom. The zero-order chi connectivity index (χ0) is 17.5. The lowest BCUT2D eigenvalue weighted by Crippen LogP contribution is -2.35. The summed E-state index contributed by atoms with van der Waals surface area (Å²) in [7, 11) is 0. The summed E-state index contributed by atoms with van der Waals surface area (Å²) in [6.07, 6.45) is 2.05. The molecule has 1 aromatic carbocycles. The van der Waals surface area contributed by atoms with Gasteiger partial charge in [0.1, 0.15) is 5.82 Å². The molecule has 2 aromatic rings. The van der Waals surface area contributed by atoms with Crippen LogP contribution in [-0.4, -0.2) is 18.0 Å². The molecule has 0 aliphatic rings. The third-order valence-electron chi connectivity index (χ3n) is 3.19. The van der Waals surface area contributed by atoms with Gasteiger partial charge in [0.05, 0.1) is 0 Å². The lowest BCUT2D eigenvalue weighted by atomic mass is 10.2. The van der Waals surface area contributed by atoms with Crippen LogP contribution >= 0.6 is 11.3 Å². The van der Waals surface area contributed by atoms with E-state index in [2.05, 4.69) is 5.32 Å². The van der Waals surface area contributed by atoms with Crippen LogP contribution < -0.4 is 5.32 Å². The Kier molecular flexibility index (Phi) is 6.26. The molecule has 0 bridgehead atoms. The molecule has 0 saturated carbocycles. The van der Waals surface area contributed by atoms with Gasteiger partial charge in [-0.2, -0.15) is 0 Å². The van der Waals surface area contributed by atoms with E-state index in [1.807, 2.05) is 19.1 Å². The van der Waals surface area contributed by atoms with Crippen molar-refractivity contribution in [3.8, 4) is 0 Å². The number of rotatable bonds is 6. The first-order valence-corrected chi connectivity index (χ1v) is 8.23. The van der Waals surface area contributed by atoms with Crippen molar-refractivity contribution in [2.75, 3.05) is 0 Å². The van der Waals surface area contributed by atoms with Crippen LogP contribution in [0.5, 0.6) is 0 Å². The van der Waals surface area contributed by atoms with Crippen LogP contribution in [-0.2, 0) is 20.9 Å². The number of ether oxygens (including phenoxy) is 1. The Hall–Kier alpha value is -2.47. The normalized spacial score (nSPS) is 12.1. The maximum atomic E-state index is 12.8. The smallest absolute Gasteiger partial charge is 0.331 e. The Morgan fingerprint density at radius 3 is 2.58 bits per heavy atom. The first-order valence-electron chi connectivity index (χ1n) is 7.41. The van der Waals surface area contributed by atoms with E-state index in [0.29, 0.717) is 0 Å². The summed E-state index contributed by atoms with van der Waals surface area (Å²) in [6, 6.07) is 9.67. The van der Waals surface area contributed by atoms with Crippen LogP contribution in [0.4, 0.5) is 4.39 Å². The average molecular weight is 347 g/mol. The largest absolute Gasteiger partial charge is 0.449 e. The summed E-state index contributed by atoms with van der Waals surface area (Å²) in [5.74, 6) is -1.32. The third-order valence-corrected chi connectivity index (χ3v) is 4.15. The van der Waals surface area contributed by atoms with Crippen molar-refractivity contribution in [3.05, 3.63) is 63.6 Å². The van der Waals surface area contributed by atoms with E-state index >= 15 is 0 Å². The number of aryl methyl sites for hydroxylation is 1. The molecule has 4 nitrogen and oxygen atoms in total. The maximum Gasteiger partial charge on any atom is 0.331 e. The lowest BCUT2D eigenvalue weighted by molar-refractivity contribution is -0.150. The minimum Gasteiger partial charge on any atom is -0.449 e. The average Bonchev–Trinajstić information content (AvgIpc) is 2.97. The van der Waals surface area contributed by atoms with Crippen molar-refractivity contribution in [1.29, 1.82) is 0 Å². The highest BCUT2D eigenvalue weighted by molar-refractivity contribution is 7.12. The number of nitrogens with one attached hydrogen (secondary N) is 1. The fraction of sp³-hybridized carbons (Fsp3) is 0.222. The molecule has 126 valence electrons. The zero-order valence-corrected chi connectivity index (χ0v) is 14.2. The number of esters is 1. The van der Waals surface area contributed by atoms with Gasteiger partial charge in [-0.1, -0.05) is 12.1 Å². The van der Waals surface area contributed by atoms with Crippen molar-refractivity contribution < 1.29 is 18.7 Å². The molecule has 1 heterocycles. The molecule has 0 aliphatic carbocycles. The second-order valence-electron chi connectivity index (χ2n) is 5.21. The summed E-state index contributed by atoms with van der Waals surface area (Å²) in [6.45, 7) is 3.72. The number of benzene rings is 1. The molecule has 0 radical (unpaired) electrons. The van der Waals surface area contributed by atoms with Crippen LogP contribution in [0.15, 0.2) is 42.5 Å². The molecular formula is C18H18FNO3S. The molecule has 0 fully saturated rings. The highest BCUT2D eigenvalue weighted by atomic mass is 32.1. The molecule has 24 heavy (non-hydrogen) atoms. The molecule has 0 unspecified atom stereocenters. The Bertz CT molecular complexity index is 737. The molecule has 1 aromatic heterocycles. The van der Waals surface area contributed by atoms with Gasteiger partial charge in [-0.15, -0.1) is 11.3 Å². The van der Waals surface area contributed by atoms with Crippen LogP contribution in [0.2, 0.25) is 0 Å². The van der Waals surface area contributed by atoms with Crippen LogP contribution in [0, 0.1) is 12.7 Å². The SMILES string of the molecule is Cc1ccc(/C=C/C(=O)O[C@H](C)C(=O)NCc2ccc(F)cc2)s1. The minimum atomic E-state index is -0.910. The third kappa shape index (κ3) is 5.62. The molecule has 1 atom stereocenters. The summed E-state index contributed by atoms with van der Waals surface area (Å²) < 4.78 is 17.9. The van der Waals surface area contributed by atoms with Gasteiger partial charge in [-0.3, -0.25) is 4.79 Å². The zero-order valence-electron chi connectivity index (χ0n) is 13.4. The van der Waals surface area contributed by atoms with E-state index in [-0.39, 0.29) is 12.4 Å². The van der Waals surface area contributed by atoms with Crippen molar-refractivity contribution in [2.24, 2.45) is 0 Å². The van der Waals surface area contributed by atoms with Gasteiger partial charge in [-0.05, 0) is 49.8 Å². The molecule has 1 N–H and O–H groups in total. The highest BCUT2D eigenvalue weighted by Gasteiger charge is 2.16. The van der Waals surface area contributed by atoms with Gasteiger partial charge in [-0.25, -0.2) is 9.18 Å². The van der Waals surface area contributed by atoms with Crippen molar-refractivity contribution >= 4 is 29.3 Å². The molecule has 2 rings (SSSR count). The summed E-state index contributed by atoms with van der Waals surface area (Å²) in [4.78, 5) is 25.7. The number of carbonyl (C=O) groups excluding carboxylic acids is 2. The summed E-state index contributed by atoms with van der Waals surface area (Å²) in [5, 5.41) is 2.64. The number of amides is 1. The number of thiophene rings is 1. The van der Waals surface area contributed by atoms with Gasteiger partial charge < -0.3 is 10.1 Å². The van der Waals surface area contributed by atoms with Gasteiger partial charge in [0.15, 0.2) is 6.10 Å².